The number of benzene rings is 1. The van der Waals surface area contributed by atoms with Gasteiger partial charge in [-0.1, -0.05) is 31.1 Å². The van der Waals surface area contributed by atoms with Gasteiger partial charge in [0.1, 0.15) is 17.3 Å². The van der Waals surface area contributed by atoms with Crippen LogP contribution in [0.25, 0.3) is 22.3 Å². The molecular formula is C43H49F2N7O8S. The van der Waals surface area contributed by atoms with Crippen LogP contribution in [0.4, 0.5) is 8.78 Å². The molecule has 61 heavy (non-hydrogen) atoms. The van der Waals surface area contributed by atoms with E-state index in [9.17, 15) is 41.2 Å². The van der Waals surface area contributed by atoms with Crippen LogP contribution in [0, 0.1) is 11.8 Å². The number of ether oxygens (including phenoxy) is 1. The van der Waals surface area contributed by atoms with Crippen LogP contribution in [0.5, 0.6) is 5.75 Å². The second-order valence-corrected chi connectivity index (χ2v) is 18.9. The van der Waals surface area contributed by atoms with Gasteiger partial charge >= 0.3 is 0 Å². The van der Waals surface area contributed by atoms with Gasteiger partial charge in [-0.3, -0.25) is 33.7 Å². The molecule has 0 radical (unpaired) electrons. The van der Waals surface area contributed by atoms with Crippen molar-refractivity contribution in [2.24, 2.45) is 11.8 Å². The van der Waals surface area contributed by atoms with E-state index in [0.717, 1.165) is 11.3 Å². The lowest BCUT2D eigenvalue weighted by molar-refractivity contribution is -0.145. The van der Waals surface area contributed by atoms with E-state index in [1.165, 1.54) is 12.0 Å². The Morgan fingerprint density at radius 1 is 1.03 bits per heavy atom. The van der Waals surface area contributed by atoms with Crippen molar-refractivity contribution in [2.75, 3.05) is 26.7 Å². The minimum absolute atomic E-state index is 0.0830. The number of nitrogens with one attached hydrogen (secondary N) is 3. The monoisotopic (exact) mass is 861 g/mol. The minimum Gasteiger partial charge on any atom is -0.497 e. The molecule has 324 valence electrons. The number of carbonyl (C=O) groups is 5. The normalized spacial score (nSPS) is 26.7. The van der Waals surface area contributed by atoms with Crippen LogP contribution >= 0.6 is 0 Å². The van der Waals surface area contributed by atoms with E-state index >= 15 is 0 Å². The summed E-state index contributed by atoms with van der Waals surface area (Å²) in [4.78, 5) is 82.4. The van der Waals surface area contributed by atoms with Crippen molar-refractivity contribution in [3.05, 3.63) is 66.4 Å². The summed E-state index contributed by atoms with van der Waals surface area (Å²) in [6.45, 7) is -1.02. The molecule has 1 aromatic carbocycles. The lowest BCUT2D eigenvalue weighted by Crippen LogP contribution is -2.57. The maximum absolute atomic E-state index is 14.7. The van der Waals surface area contributed by atoms with Gasteiger partial charge in [0.05, 0.1) is 41.4 Å². The smallest absolute Gasteiger partial charge is 0.267 e. The van der Waals surface area contributed by atoms with E-state index in [1.54, 1.807) is 48.7 Å². The lowest BCUT2D eigenvalue weighted by atomic mass is 9.94. The summed E-state index contributed by atoms with van der Waals surface area (Å²) in [5, 5.41) is 5.63. The second kappa shape index (κ2) is 16.7. The highest BCUT2D eigenvalue weighted by molar-refractivity contribution is 7.91. The number of halogens is 2. The molecule has 3 aliphatic heterocycles. The van der Waals surface area contributed by atoms with Crippen molar-refractivity contribution in [3.63, 3.8) is 0 Å². The third kappa shape index (κ3) is 9.09. The van der Waals surface area contributed by atoms with Crippen molar-refractivity contribution in [1.82, 2.24) is 35.1 Å². The predicted molar refractivity (Wildman–Crippen MR) is 218 cm³/mol. The summed E-state index contributed by atoms with van der Waals surface area (Å²) >= 11 is 0. The van der Waals surface area contributed by atoms with Gasteiger partial charge in [0.25, 0.3) is 17.7 Å². The first kappa shape index (κ1) is 42.2. The maximum atomic E-state index is 14.7. The summed E-state index contributed by atoms with van der Waals surface area (Å²) in [5.41, 5.74) is 0.0827. The molecule has 2 saturated heterocycles. The Hall–Kier alpha value is -5.52. The molecule has 8 rings (SSSR count). The minimum atomic E-state index is -3.97. The topological polar surface area (TPSA) is 197 Å². The second-order valence-electron chi connectivity index (χ2n) is 16.9. The molecule has 3 aromatic rings. The summed E-state index contributed by atoms with van der Waals surface area (Å²) < 4.78 is 61.8. The van der Waals surface area contributed by atoms with E-state index in [2.05, 4.69) is 20.3 Å². The molecule has 1 unspecified atom stereocenters. The maximum Gasteiger partial charge on any atom is 0.267 e. The molecule has 5 aliphatic rings. The molecule has 5 heterocycles. The number of carbonyl (C=O) groups excluding carboxylic acids is 5. The molecule has 15 nitrogen and oxygen atoms in total. The first-order valence-corrected chi connectivity index (χ1v) is 22.4. The molecule has 4 fully saturated rings. The zero-order valence-corrected chi connectivity index (χ0v) is 34.6. The van der Waals surface area contributed by atoms with Crippen molar-refractivity contribution in [3.8, 4) is 17.1 Å². The average Bonchev–Trinajstić information content (AvgIpc) is 4.14. The first-order chi connectivity index (χ1) is 29.2. The molecule has 2 aromatic heterocycles. The predicted octanol–water partition coefficient (Wildman–Crippen LogP) is 3.88. The molecule has 3 N–H and O–H groups in total. The SMILES string of the molecule is COc1ccc2nc(-c3ccccn3)cc(C(=O)N[C@@H]3C[C@H]4C(=O)N[C@]5(C(=O)NS(=O)(=O)C6CC6)CC5C=CCCCCC[C@H](CC(=O)N5CCC(F)(F)C5)C(=O)N4C3)c2c1. The molecular weight excluding hydrogens is 813 g/mol. The number of methoxy groups -OCH3 is 1. The molecule has 0 bridgehead atoms. The number of likely N-dealkylation sites (tertiary alicyclic amines) is 1. The van der Waals surface area contributed by atoms with Crippen LogP contribution in [0.2, 0.25) is 0 Å². The number of sulfonamides is 1. The summed E-state index contributed by atoms with van der Waals surface area (Å²) in [7, 11) is -2.47. The van der Waals surface area contributed by atoms with Crippen molar-refractivity contribution in [2.45, 2.75) is 99.4 Å². The van der Waals surface area contributed by atoms with Crippen molar-refractivity contribution >= 4 is 50.5 Å². The van der Waals surface area contributed by atoms with Crippen LogP contribution in [0.15, 0.2) is 60.8 Å². The summed E-state index contributed by atoms with van der Waals surface area (Å²) in [6.07, 6.45) is 8.24. The molecule has 2 aliphatic carbocycles. The Kier molecular flexibility index (Phi) is 11.6. The Labute approximate surface area is 352 Å². The van der Waals surface area contributed by atoms with E-state index in [1.807, 2.05) is 12.2 Å². The number of hydrogen-bond donors (Lipinski definition) is 3. The Morgan fingerprint density at radius 3 is 2.57 bits per heavy atom. The number of fused-ring (bicyclic) bond motifs is 3. The summed E-state index contributed by atoms with van der Waals surface area (Å²) in [6, 6.07) is 9.99. The number of aromatic nitrogens is 2. The fraction of sp³-hybridized carbons (Fsp3) is 0.512. The van der Waals surface area contributed by atoms with Crippen LogP contribution < -0.4 is 20.1 Å². The molecule has 18 heteroatoms. The lowest BCUT2D eigenvalue weighted by Gasteiger charge is -2.30. The van der Waals surface area contributed by atoms with Crippen LogP contribution in [-0.2, 0) is 29.2 Å². The molecule has 2 saturated carbocycles. The third-order valence-electron chi connectivity index (χ3n) is 12.5. The van der Waals surface area contributed by atoms with E-state index < -0.39 is 93.2 Å². The quantitative estimate of drug-likeness (QED) is 0.266. The third-order valence-corrected chi connectivity index (χ3v) is 14.3. The van der Waals surface area contributed by atoms with Gasteiger partial charge in [-0.25, -0.2) is 22.2 Å². The van der Waals surface area contributed by atoms with Crippen molar-refractivity contribution < 1.29 is 45.9 Å². The number of alkyl halides is 2. The number of rotatable bonds is 9. The zero-order chi connectivity index (χ0) is 43.1. The number of hydrogen-bond acceptors (Lipinski definition) is 10. The van der Waals surface area contributed by atoms with Gasteiger partial charge in [-0.15, -0.1) is 0 Å². The average molecular weight is 862 g/mol. The Morgan fingerprint density at radius 2 is 1.85 bits per heavy atom. The zero-order valence-electron chi connectivity index (χ0n) is 33.8. The fourth-order valence-corrected chi connectivity index (χ4v) is 10.1. The Bertz CT molecular complexity index is 2380. The fourth-order valence-electron chi connectivity index (χ4n) is 8.75. The largest absolute Gasteiger partial charge is 0.497 e. The van der Waals surface area contributed by atoms with Gasteiger partial charge in [0.15, 0.2) is 0 Å². The standard InChI is InChI=1S/C43H49F2N7O8S/c1-60-29-12-15-33-31(21-29)32(22-35(48-33)34-11-7-8-17-46-34)38(54)47-28-20-36-39(55)49-43(41(57)50-61(58,59)30-13-14-30)23-27(43)10-6-4-2-3-5-9-26(40(56)52(36)24-28)19-37(53)51-18-16-42(44,45)25-51/h6-8,10-12,15,17,21-22,26-28,30,36H,2-5,9,13-14,16,18-20,23-25H2,1H3,(H,47,54)(H,49,55)(H,50,57)/t26-,27?,28-,36+,43-/m1/s1. The first-order valence-electron chi connectivity index (χ1n) is 20.9. The Balaban J connectivity index is 1.11. The van der Waals surface area contributed by atoms with Crippen LogP contribution in [-0.4, -0.2) is 113 Å². The van der Waals surface area contributed by atoms with Gasteiger partial charge in [0, 0.05) is 55.4 Å². The highest BCUT2D eigenvalue weighted by Gasteiger charge is 2.62. The number of nitrogens with zero attached hydrogens (tertiary/aromatic N) is 4. The highest BCUT2D eigenvalue weighted by atomic mass is 32.2. The summed E-state index contributed by atoms with van der Waals surface area (Å²) in [5.74, 6) is -7.26. The highest BCUT2D eigenvalue weighted by Crippen LogP contribution is 2.46. The molecule has 5 atom stereocenters. The van der Waals surface area contributed by atoms with E-state index in [-0.39, 0.29) is 44.3 Å². The van der Waals surface area contributed by atoms with Gasteiger partial charge in [-0.05, 0) is 81.3 Å². The molecule has 0 spiro atoms. The molecule has 5 amide bonds. The van der Waals surface area contributed by atoms with Gasteiger partial charge in [-0.2, -0.15) is 0 Å². The van der Waals surface area contributed by atoms with Gasteiger partial charge in [0.2, 0.25) is 27.7 Å². The van der Waals surface area contributed by atoms with E-state index in [0.29, 0.717) is 60.1 Å². The van der Waals surface area contributed by atoms with Gasteiger partial charge < -0.3 is 25.2 Å². The van der Waals surface area contributed by atoms with Crippen LogP contribution in [0.3, 0.4) is 0 Å². The number of amides is 5. The number of allylic oxidation sites excluding steroid dienone is 1. The number of pyridine rings is 2. The van der Waals surface area contributed by atoms with E-state index in [4.69, 9.17) is 9.72 Å². The van der Waals surface area contributed by atoms with Crippen molar-refractivity contribution in [1.29, 1.82) is 0 Å². The van der Waals surface area contributed by atoms with Crippen LogP contribution in [0.1, 0.15) is 81.0 Å².